The topological polar surface area (TPSA) is 58.0 Å². The Balaban J connectivity index is 1.60. The van der Waals surface area contributed by atoms with E-state index in [4.69, 9.17) is 5.11 Å². The second kappa shape index (κ2) is 4.90. The molecule has 0 amide bonds. The van der Waals surface area contributed by atoms with Crippen molar-refractivity contribution in [3.8, 4) is 0 Å². The Morgan fingerprint density at radius 3 is 2.88 bits per heavy atom. The molecule has 94 valence electrons. The maximum atomic E-state index is 9.04. The normalized spacial score (nSPS) is 28.5. The summed E-state index contributed by atoms with van der Waals surface area (Å²) >= 11 is 1.71. The number of nitrogens with one attached hydrogen (secondary N) is 1. The Hall–Kier alpha value is -0.680. The lowest BCUT2D eigenvalue weighted by atomic mass is 10.0. The molecule has 2 fully saturated rings. The van der Waals surface area contributed by atoms with Gasteiger partial charge in [0, 0.05) is 18.6 Å². The van der Waals surface area contributed by atoms with Gasteiger partial charge < -0.3 is 10.4 Å². The molecule has 5 heteroatoms. The zero-order valence-corrected chi connectivity index (χ0v) is 10.7. The molecular weight excluding hydrogens is 234 g/mol. The zero-order chi connectivity index (χ0) is 11.7. The highest BCUT2D eigenvalue weighted by Crippen LogP contribution is 2.42. The fourth-order valence-electron chi connectivity index (χ4n) is 2.68. The number of hydrogen-bond donors (Lipinski definition) is 2. The molecule has 2 saturated carbocycles. The minimum atomic E-state index is 0.298. The molecular formula is C12H19N3OS. The van der Waals surface area contributed by atoms with Crippen LogP contribution >= 0.6 is 11.3 Å². The van der Waals surface area contributed by atoms with Crippen LogP contribution in [0.15, 0.2) is 0 Å². The molecule has 0 bridgehead atoms. The quantitative estimate of drug-likeness (QED) is 0.846. The first-order valence-electron chi connectivity index (χ1n) is 6.57. The van der Waals surface area contributed by atoms with Gasteiger partial charge in [0.25, 0.3) is 0 Å². The summed E-state index contributed by atoms with van der Waals surface area (Å²) in [4.78, 5) is 0. The number of nitrogens with zero attached hydrogens (tertiary/aromatic N) is 2. The van der Waals surface area contributed by atoms with Crippen molar-refractivity contribution in [2.45, 2.75) is 50.5 Å². The summed E-state index contributed by atoms with van der Waals surface area (Å²) in [7, 11) is 0. The standard InChI is InChI=1S/C12H19N3OS/c16-7-6-8-2-1-3-10(8)13-12-15-14-11(17-12)9-4-5-9/h8-10,16H,1-7H2,(H,13,15). The highest BCUT2D eigenvalue weighted by molar-refractivity contribution is 7.15. The first-order chi connectivity index (χ1) is 8.36. The van der Waals surface area contributed by atoms with Crippen LogP contribution in [-0.2, 0) is 0 Å². The predicted molar refractivity (Wildman–Crippen MR) is 68.3 cm³/mol. The molecule has 1 aromatic heterocycles. The molecule has 0 aromatic carbocycles. The first kappa shape index (κ1) is 11.4. The van der Waals surface area contributed by atoms with Gasteiger partial charge in [0.2, 0.25) is 5.13 Å². The number of aromatic nitrogens is 2. The number of aliphatic hydroxyl groups is 1. The molecule has 2 atom stereocenters. The third-order valence-electron chi connectivity index (χ3n) is 3.84. The van der Waals surface area contributed by atoms with Gasteiger partial charge in [-0.3, -0.25) is 0 Å². The maximum absolute atomic E-state index is 9.04. The van der Waals surface area contributed by atoms with E-state index in [1.807, 2.05) is 0 Å². The predicted octanol–water partition coefficient (Wildman–Crippen LogP) is 2.38. The van der Waals surface area contributed by atoms with Crippen molar-refractivity contribution < 1.29 is 5.11 Å². The van der Waals surface area contributed by atoms with Crippen molar-refractivity contribution in [1.82, 2.24) is 10.2 Å². The van der Waals surface area contributed by atoms with Crippen molar-refractivity contribution in [2.75, 3.05) is 11.9 Å². The number of anilines is 1. The molecule has 2 N–H and O–H groups in total. The zero-order valence-electron chi connectivity index (χ0n) is 9.93. The lowest BCUT2D eigenvalue weighted by molar-refractivity contribution is 0.254. The van der Waals surface area contributed by atoms with Gasteiger partial charge in [-0.05, 0) is 38.0 Å². The summed E-state index contributed by atoms with van der Waals surface area (Å²) in [6, 6.07) is 0.488. The maximum Gasteiger partial charge on any atom is 0.205 e. The van der Waals surface area contributed by atoms with E-state index >= 15 is 0 Å². The van der Waals surface area contributed by atoms with E-state index < -0.39 is 0 Å². The van der Waals surface area contributed by atoms with Gasteiger partial charge in [-0.15, -0.1) is 10.2 Å². The largest absolute Gasteiger partial charge is 0.396 e. The molecule has 1 heterocycles. The van der Waals surface area contributed by atoms with Crippen molar-refractivity contribution >= 4 is 16.5 Å². The summed E-state index contributed by atoms with van der Waals surface area (Å²) in [6.45, 7) is 0.298. The van der Waals surface area contributed by atoms with E-state index in [-0.39, 0.29) is 0 Å². The average molecular weight is 253 g/mol. The first-order valence-corrected chi connectivity index (χ1v) is 7.39. The number of rotatable bonds is 5. The smallest absolute Gasteiger partial charge is 0.205 e. The van der Waals surface area contributed by atoms with E-state index in [9.17, 15) is 0 Å². The van der Waals surface area contributed by atoms with Gasteiger partial charge in [-0.25, -0.2) is 0 Å². The minimum Gasteiger partial charge on any atom is -0.396 e. The van der Waals surface area contributed by atoms with Gasteiger partial charge >= 0.3 is 0 Å². The van der Waals surface area contributed by atoms with Crippen LogP contribution in [0.2, 0.25) is 0 Å². The number of hydrogen-bond acceptors (Lipinski definition) is 5. The molecule has 3 rings (SSSR count). The van der Waals surface area contributed by atoms with Gasteiger partial charge in [0.05, 0.1) is 0 Å². The Bertz CT molecular complexity index is 378. The molecule has 4 nitrogen and oxygen atoms in total. The second-order valence-corrected chi connectivity index (χ2v) is 6.18. The monoisotopic (exact) mass is 253 g/mol. The molecule has 0 aliphatic heterocycles. The van der Waals surface area contributed by atoms with E-state index in [1.54, 1.807) is 11.3 Å². The fourth-order valence-corrected chi connectivity index (χ4v) is 3.66. The lowest BCUT2D eigenvalue weighted by Gasteiger charge is -2.19. The van der Waals surface area contributed by atoms with Crippen LogP contribution in [0.4, 0.5) is 5.13 Å². The molecule has 0 radical (unpaired) electrons. The van der Waals surface area contributed by atoms with Crippen molar-refractivity contribution in [3.05, 3.63) is 5.01 Å². The summed E-state index contributed by atoms with van der Waals surface area (Å²) in [5.74, 6) is 1.30. The molecule has 0 saturated heterocycles. The van der Waals surface area contributed by atoms with Crippen LogP contribution in [0, 0.1) is 5.92 Å². The van der Waals surface area contributed by atoms with Crippen LogP contribution < -0.4 is 5.32 Å². The van der Waals surface area contributed by atoms with Crippen molar-refractivity contribution in [2.24, 2.45) is 5.92 Å². The lowest BCUT2D eigenvalue weighted by Crippen LogP contribution is -2.24. The van der Waals surface area contributed by atoms with Crippen LogP contribution in [-0.4, -0.2) is 28.0 Å². The second-order valence-electron chi connectivity index (χ2n) is 5.17. The van der Waals surface area contributed by atoms with Gasteiger partial charge in [-0.1, -0.05) is 17.8 Å². The van der Waals surface area contributed by atoms with Crippen LogP contribution in [0.5, 0.6) is 0 Å². The average Bonchev–Trinajstić information content (AvgIpc) is 2.93. The van der Waals surface area contributed by atoms with Crippen LogP contribution in [0.1, 0.15) is 49.5 Å². The summed E-state index contributed by atoms with van der Waals surface area (Å²) in [5, 5.41) is 23.2. The van der Waals surface area contributed by atoms with E-state index in [0.29, 0.717) is 24.5 Å². The number of aliphatic hydroxyl groups excluding tert-OH is 1. The van der Waals surface area contributed by atoms with Crippen LogP contribution in [0.25, 0.3) is 0 Å². The Kier molecular flexibility index (Phi) is 3.29. The molecule has 2 aliphatic carbocycles. The van der Waals surface area contributed by atoms with Crippen molar-refractivity contribution in [1.29, 1.82) is 0 Å². The van der Waals surface area contributed by atoms with E-state index in [1.165, 1.54) is 37.1 Å². The highest BCUT2D eigenvalue weighted by Gasteiger charge is 2.30. The Morgan fingerprint density at radius 1 is 1.24 bits per heavy atom. The third kappa shape index (κ3) is 2.60. The third-order valence-corrected chi connectivity index (χ3v) is 4.85. The molecule has 0 spiro atoms. The summed E-state index contributed by atoms with van der Waals surface area (Å²) < 4.78 is 0. The van der Waals surface area contributed by atoms with Gasteiger partial charge in [0.15, 0.2) is 0 Å². The van der Waals surface area contributed by atoms with Gasteiger partial charge in [-0.2, -0.15) is 0 Å². The SMILES string of the molecule is OCCC1CCCC1Nc1nnc(C2CC2)s1. The van der Waals surface area contributed by atoms with E-state index in [0.717, 1.165) is 11.6 Å². The van der Waals surface area contributed by atoms with Crippen molar-refractivity contribution in [3.63, 3.8) is 0 Å². The Morgan fingerprint density at radius 2 is 2.12 bits per heavy atom. The van der Waals surface area contributed by atoms with Crippen LogP contribution in [0.3, 0.4) is 0 Å². The summed E-state index contributed by atoms with van der Waals surface area (Å²) in [5.41, 5.74) is 0. The Labute approximate surface area is 105 Å². The minimum absolute atomic E-state index is 0.298. The van der Waals surface area contributed by atoms with Gasteiger partial charge in [0.1, 0.15) is 5.01 Å². The molecule has 2 aliphatic rings. The molecule has 1 aromatic rings. The summed E-state index contributed by atoms with van der Waals surface area (Å²) in [6.07, 6.45) is 7.16. The fraction of sp³-hybridized carbons (Fsp3) is 0.833. The van der Waals surface area contributed by atoms with E-state index in [2.05, 4.69) is 15.5 Å². The highest BCUT2D eigenvalue weighted by atomic mass is 32.1. The molecule has 17 heavy (non-hydrogen) atoms. The molecule has 2 unspecified atom stereocenters.